The summed E-state index contributed by atoms with van der Waals surface area (Å²) in [4.78, 5) is 16.3. The van der Waals surface area contributed by atoms with Gasteiger partial charge >= 0.3 is 0 Å². The second-order valence-electron chi connectivity index (χ2n) is 4.70. The molecule has 0 radical (unpaired) electrons. The Bertz CT molecular complexity index is 238. The summed E-state index contributed by atoms with van der Waals surface area (Å²) in [5.41, 5.74) is 5.66. The maximum Gasteiger partial charge on any atom is 0.241 e. The fourth-order valence-corrected chi connectivity index (χ4v) is 2.77. The Morgan fingerprint density at radius 2 is 2.00 bits per heavy atom. The fraction of sp³-hybridized carbons (Fsp3) is 0.909. The van der Waals surface area contributed by atoms with Crippen molar-refractivity contribution >= 4 is 5.91 Å². The molecule has 0 aromatic carbocycles. The Balaban J connectivity index is 2.03. The molecule has 4 nitrogen and oxygen atoms in total. The summed E-state index contributed by atoms with van der Waals surface area (Å²) in [6.45, 7) is 2.29. The van der Waals surface area contributed by atoms with Gasteiger partial charge in [-0.3, -0.25) is 9.69 Å². The SMILES string of the molecule is CN1CCN(C2CCCC2)C(=O)C1CN. The summed E-state index contributed by atoms with van der Waals surface area (Å²) >= 11 is 0. The minimum atomic E-state index is -0.0839. The van der Waals surface area contributed by atoms with Crippen molar-refractivity contribution in [2.24, 2.45) is 5.73 Å². The zero-order valence-corrected chi connectivity index (χ0v) is 9.48. The molecule has 1 heterocycles. The lowest BCUT2D eigenvalue weighted by Gasteiger charge is -2.41. The van der Waals surface area contributed by atoms with Crippen LogP contribution in [-0.4, -0.2) is 54.5 Å². The molecule has 2 rings (SSSR count). The molecule has 15 heavy (non-hydrogen) atoms. The molecule has 1 saturated heterocycles. The molecule has 2 aliphatic rings. The highest BCUT2D eigenvalue weighted by molar-refractivity contribution is 5.83. The molecule has 1 amide bonds. The Morgan fingerprint density at radius 1 is 1.33 bits per heavy atom. The molecule has 1 aliphatic heterocycles. The maximum absolute atomic E-state index is 12.2. The van der Waals surface area contributed by atoms with E-state index in [-0.39, 0.29) is 11.9 Å². The predicted molar refractivity (Wildman–Crippen MR) is 59.4 cm³/mol. The molecular formula is C11H21N3O. The summed E-state index contributed by atoms with van der Waals surface area (Å²) < 4.78 is 0. The van der Waals surface area contributed by atoms with E-state index in [2.05, 4.69) is 9.80 Å². The number of rotatable bonds is 2. The zero-order valence-electron chi connectivity index (χ0n) is 9.48. The van der Waals surface area contributed by atoms with Crippen LogP contribution in [0.2, 0.25) is 0 Å². The van der Waals surface area contributed by atoms with Crippen LogP contribution in [0.25, 0.3) is 0 Å². The number of amides is 1. The molecule has 0 aromatic heterocycles. The summed E-state index contributed by atoms with van der Waals surface area (Å²) in [6, 6.07) is 0.416. The summed E-state index contributed by atoms with van der Waals surface area (Å²) in [7, 11) is 1.99. The highest BCUT2D eigenvalue weighted by Gasteiger charge is 2.36. The third-order valence-electron chi connectivity index (χ3n) is 3.78. The van der Waals surface area contributed by atoms with Gasteiger partial charge in [0.2, 0.25) is 5.91 Å². The normalized spacial score (nSPS) is 30.1. The quantitative estimate of drug-likeness (QED) is 0.701. The third-order valence-corrected chi connectivity index (χ3v) is 3.78. The minimum Gasteiger partial charge on any atom is -0.337 e. The molecule has 2 fully saturated rings. The first-order valence-corrected chi connectivity index (χ1v) is 5.95. The van der Waals surface area contributed by atoms with E-state index >= 15 is 0 Å². The second-order valence-corrected chi connectivity index (χ2v) is 4.70. The van der Waals surface area contributed by atoms with Gasteiger partial charge in [-0.05, 0) is 19.9 Å². The molecule has 1 unspecified atom stereocenters. The van der Waals surface area contributed by atoms with Gasteiger partial charge in [0.1, 0.15) is 6.04 Å². The summed E-state index contributed by atoms with van der Waals surface area (Å²) in [6.07, 6.45) is 4.93. The van der Waals surface area contributed by atoms with Gasteiger partial charge in [-0.15, -0.1) is 0 Å². The largest absolute Gasteiger partial charge is 0.337 e. The van der Waals surface area contributed by atoms with E-state index in [4.69, 9.17) is 5.73 Å². The van der Waals surface area contributed by atoms with Gasteiger partial charge < -0.3 is 10.6 Å². The van der Waals surface area contributed by atoms with Crippen LogP contribution < -0.4 is 5.73 Å². The lowest BCUT2D eigenvalue weighted by molar-refractivity contribution is -0.143. The molecule has 0 bridgehead atoms. The molecular weight excluding hydrogens is 190 g/mol. The van der Waals surface area contributed by atoms with Gasteiger partial charge in [-0.1, -0.05) is 12.8 Å². The standard InChI is InChI=1S/C11H21N3O/c1-13-6-7-14(9-4-2-3-5-9)11(15)10(13)8-12/h9-10H,2-8,12H2,1H3. The van der Waals surface area contributed by atoms with Gasteiger partial charge in [0.05, 0.1) is 0 Å². The number of nitrogens with zero attached hydrogens (tertiary/aromatic N) is 2. The Hall–Kier alpha value is -0.610. The van der Waals surface area contributed by atoms with Gasteiger partial charge in [0.25, 0.3) is 0 Å². The third kappa shape index (κ3) is 2.01. The van der Waals surface area contributed by atoms with Crippen LogP contribution in [0.1, 0.15) is 25.7 Å². The monoisotopic (exact) mass is 211 g/mol. The van der Waals surface area contributed by atoms with E-state index in [0.29, 0.717) is 12.6 Å². The first kappa shape index (κ1) is 10.9. The molecule has 1 atom stereocenters. The fourth-order valence-electron chi connectivity index (χ4n) is 2.77. The van der Waals surface area contributed by atoms with Gasteiger partial charge in [0.15, 0.2) is 0 Å². The average Bonchev–Trinajstić information content (AvgIpc) is 2.71. The topological polar surface area (TPSA) is 49.6 Å². The van der Waals surface area contributed by atoms with E-state index in [1.807, 2.05) is 7.05 Å². The highest BCUT2D eigenvalue weighted by atomic mass is 16.2. The number of likely N-dealkylation sites (N-methyl/N-ethyl adjacent to an activating group) is 1. The Kier molecular flexibility index (Phi) is 3.26. The number of nitrogens with two attached hydrogens (primary N) is 1. The molecule has 0 spiro atoms. The van der Waals surface area contributed by atoms with Crippen LogP contribution in [0.15, 0.2) is 0 Å². The van der Waals surface area contributed by atoms with E-state index in [9.17, 15) is 4.79 Å². The highest BCUT2D eigenvalue weighted by Crippen LogP contribution is 2.25. The number of carbonyl (C=O) groups is 1. The van der Waals surface area contributed by atoms with Crippen molar-refractivity contribution < 1.29 is 4.79 Å². The minimum absolute atomic E-state index is 0.0839. The maximum atomic E-state index is 12.2. The van der Waals surface area contributed by atoms with Gasteiger partial charge in [-0.2, -0.15) is 0 Å². The predicted octanol–water partition coefficient (Wildman–Crippen LogP) is 0.0303. The van der Waals surface area contributed by atoms with E-state index in [1.165, 1.54) is 25.7 Å². The van der Waals surface area contributed by atoms with E-state index in [1.54, 1.807) is 0 Å². The van der Waals surface area contributed by atoms with Crippen LogP contribution in [0.3, 0.4) is 0 Å². The lowest BCUT2D eigenvalue weighted by atomic mass is 10.1. The molecule has 1 saturated carbocycles. The summed E-state index contributed by atoms with van der Waals surface area (Å²) in [5.74, 6) is 0.248. The first-order chi connectivity index (χ1) is 7.24. The first-order valence-electron chi connectivity index (χ1n) is 5.95. The van der Waals surface area contributed by atoms with E-state index < -0.39 is 0 Å². The van der Waals surface area contributed by atoms with Crippen LogP contribution >= 0.6 is 0 Å². The second kappa shape index (κ2) is 4.49. The summed E-state index contributed by atoms with van der Waals surface area (Å²) in [5, 5.41) is 0. The van der Waals surface area contributed by atoms with Crippen molar-refractivity contribution in [1.29, 1.82) is 0 Å². The lowest BCUT2D eigenvalue weighted by Crippen LogP contribution is -2.60. The number of hydrogen-bond donors (Lipinski definition) is 1. The van der Waals surface area contributed by atoms with Gasteiger partial charge in [0, 0.05) is 25.7 Å². The smallest absolute Gasteiger partial charge is 0.241 e. The van der Waals surface area contributed by atoms with Crippen LogP contribution in [0, 0.1) is 0 Å². The average molecular weight is 211 g/mol. The van der Waals surface area contributed by atoms with Crippen molar-refractivity contribution in [2.75, 3.05) is 26.7 Å². The zero-order chi connectivity index (χ0) is 10.8. The van der Waals surface area contributed by atoms with Gasteiger partial charge in [-0.25, -0.2) is 0 Å². The van der Waals surface area contributed by atoms with Crippen molar-refractivity contribution in [3.8, 4) is 0 Å². The molecule has 2 N–H and O–H groups in total. The molecule has 1 aliphatic carbocycles. The molecule has 86 valence electrons. The van der Waals surface area contributed by atoms with Crippen molar-refractivity contribution in [1.82, 2.24) is 9.80 Å². The Morgan fingerprint density at radius 3 is 2.60 bits per heavy atom. The van der Waals surface area contributed by atoms with Crippen LogP contribution in [0.4, 0.5) is 0 Å². The van der Waals surface area contributed by atoms with Crippen molar-refractivity contribution in [3.05, 3.63) is 0 Å². The van der Waals surface area contributed by atoms with Crippen molar-refractivity contribution in [2.45, 2.75) is 37.8 Å². The number of hydrogen-bond acceptors (Lipinski definition) is 3. The number of carbonyl (C=O) groups excluding carboxylic acids is 1. The Labute approximate surface area is 91.4 Å². The molecule has 0 aromatic rings. The number of piperazine rings is 1. The van der Waals surface area contributed by atoms with E-state index in [0.717, 1.165) is 13.1 Å². The van der Waals surface area contributed by atoms with Crippen LogP contribution in [0.5, 0.6) is 0 Å². The van der Waals surface area contributed by atoms with Crippen molar-refractivity contribution in [3.63, 3.8) is 0 Å². The molecule has 4 heteroatoms. The van der Waals surface area contributed by atoms with Crippen LogP contribution in [-0.2, 0) is 4.79 Å².